The van der Waals surface area contributed by atoms with Crippen LogP contribution in [0.25, 0.3) is 0 Å². The average molecular weight is 394 g/mol. The smallest absolute Gasteiger partial charge is 0.310 e. The molecular weight excluding hydrogens is 372 g/mol. The van der Waals surface area contributed by atoms with Gasteiger partial charge in [-0.15, -0.1) is 0 Å². The van der Waals surface area contributed by atoms with Crippen LogP contribution in [0.4, 0.5) is 5.69 Å². The molecule has 27 heavy (non-hydrogen) atoms. The molecule has 0 saturated carbocycles. The van der Waals surface area contributed by atoms with Crippen LogP contribution >= 0.6 is 0 Å². The van der Waals surface area contributed by atoms with E-state index in [9.17, 15) is 23.1 Å². The molecule has 2 bridgehead atoms. The van der Waals surface area contributed by atoms with Crippen LogP contribution in [0.1, 0.15) is 25.7 Å². The van der Waals surface area contributed by atoms with Crippen molar-refractivity contribution < 1.29 is 27.9 Å². The van der Waals surface area contributed by atoms with Gasteiger partial charge in [0.15, 0.2) is 0 Å². The molecule has 2 N–H and O–H groups in total. The summed E-state index contributed by atoms with van der Waals surface area (Å²) in [5.74, 6) is -2.98. The normalized spacial score (nSPS) is 30.5. The number of sulfonamides is 1. The number of amides is 1. The lowest BCUT2D eigenvalue weighted by molar-refractivity contribution is -0.147. The number of hydrogen-bond donors (Lipinski definition) is 2. The SMILES string of the molecule is O=C(O)[C@@H]1[C@@H](C(=O)Nc2ccc(S(=O)(=O)N3CCCC3)cc2)[C@@H]2CC[C@@H]1O2. The Morgan fingerprint density at radius 2 is 1.63 bits per heavy atom. The number of fused-ring (bicyclic) bond motifs is 2. The predicted molar refractivity (Wildman–Crippen MR) is 95.6 cm³/mol. The molecular formula is C18H22N2O6S. The van der Waals surface area contributed by atoms with E-state index in [1.165, 1.54) is 28.6 Å². The molecule has 8 nitrogen and oxygen atoms in total. The second-order valence-electron chi connectivity index (χ2n) is 7.30. The zero-order valence-corrected chi connectivity index (χ0v) is 15.5. The van der Waals surface area contributed by atoms with Gasteiger partial charge in [-0.1, -0.05) is 0 Å². The number of carboxylic acid groups (broad SMARTS) is 1. The van der Waals surface area contributed by atoms with Crippen molar-refractivity contribution in [3.8, 4) is 0 Å². The van der Waals surface area contributed by atoms with Crippen LogP contribution in [0, 0.1) is 11.8 Å². The molecule has 0 radical (unpaired) electrons. The van der Waals surface area contributed by atoms with Crippen molar-refractivity contribution in [3.63, 3.8) is 0 Å². The molecule has 1 aromatic carbocycles. The third kappa shape index (κ3) is 3.24. The summed E-state index contributed by atoms with van der Waals surface area (Å²) in [5, 5.41) is 12.1. The first-order valence-corrected chi connectivity index (χ1v) is 10.6. The molecule has 146 valence electrons. The molecule has 0 unspecified atom stereocenters. The Bertz CT molecular complexity index is 847. The summed E-state index contributed by atoms with van der Waals surface area (Å²) in [6, 6.07) is 6.00. The predicted octanol–water partition coefficient (Wildman–Crippen LogP) is 1.29. The highest BCUT2D eigenvalue weighted by molar-refractivity contribution is 7.89. The van der Waals surface area contributed by atoms with Gasteiger partial charge < -0.3 is 15.2 Å². The summed E-state index contributed by atoms with van der Waals surface area (Å²) in [6.07, 6.45) is 2.30. The number of ether oxygens (including phenoxy) is 1. The highest BCUT2D eigenvalue weighted by atomic mass is 32.2. The lowest BCUT2D eigenvalue weighted by Gasteiger charge is -2.24. The van der Waals surface area contributed by atoms with Gasteiger partial charge in [0, 0.05) is 18.8 Å². The maximum atomic E-state index is 12.6. The number of hydrogen-bond acceptors (Lipinski definition) is 5. The summed E-state index contributed by atoms with van der Waals surface area (Å²) in [6.45, 7) is 1.06. The molecule has 3 aliphatic rings. The number of nitrogens with zero attached hydrogens (tertiary/aromatic N) is 1. The highest BCUT2D eigenvalue weighted by Gasteiger charge is 2.55. The largest absolute Gasteiger partial charge is 0.481 e. The molecule has 3 aliphatic heterocycles. The Hall–Kier alpha value is -1.97. The third-order valence-electron chi connectivity index (χ3n) is 5.69. The van der Waals surface area contributed by atoms with E-state index in [2.05, 4.69) is 5.32 Å². The fourth-order valence-corrected chi connectivity index (χ4v) is 5.86. The van der Waals surface area contributed by atoms with Crippen LogP contribution in [0.15, 0.2) is 29.2 Å². The van der Waals surface area contributed by atoms with E-state index < -0.39 is 39.8 Å². The second-order valence-corrected chi connectivity index (χ2v) is 9.24. The molecule has 0 spiro atoms. The van der Waals surface area contributed by atoms with E-state index in [1.54, 1.807) is 0 Å². The zero-order chi connectivity index (χ0) is 19.2. The van der Waals surface area contributed by atoms with Gasteiger partial charge in [0.05, 0.1) is 28.9 Å². The first kappa shape index (κ1) is 18.4. The van der Waals surface area contributed by atoms with Crippen molar-refractivity contribution in [1.82, 2.24) is 4.31 Å². The topological polar surface area (TPSA) is 113 Å². The maximum absolute atomic E-state index is 12.6. The van der Waals surface area contributed by atoms with Crippen LogP contribution in [0.5, 0.6) is 0 Å². The average Bonchev–Trinajstić information content (AvgIpc) is 3.38. The number of carbonyl (C=O) groups is 2. The Balaban J connectivity index is 1.47. The lowest BCUT2D eigenvalue weighted by Crippen LogP contribution is -2.40. The molecule has 1 aromatic rings. The van der Waals surface area contributed by atoms with Crippen molar-refractivity contribution in [3.05, 3.63) is 24.3 Å². The molecule has 4 rings (SSSR count). The zero-order valence-electron chi connectivity index (χ0n) is 14.7. The van der Waals surface area contributed by atoms with Crippen LogP contribution in [0.2, 0.25) is 0 Å². The minimum Gasteiger partial charge on any atom is -0.481 e. The molecule has 4 atom stereocenters. The van der Waals surface area contributed by atoms with Crippen molar-refractivity contribution in [2.45, 2.75) is 42.8 Å². The third-order valence-corrected chi connectivity index (χ3v) is 7.60. The molecule has 0 aliphatic carbocycles. The van der Waals surface area contributed by atoms with Gasteiger partial charge >= 0.3 is 5.97 Å². The number of carbonyl (C=O) groups excluding carboxylic acids is 1. The number of anilines is 1. The Morgan fingerprint density at radius 3 is 2.22 bits per heavy atom. The van der Waals surface area contributed by atoms with Crippen LogP contribution in [0.3, 0.4) is 0 Å². The van der Waals surface area contributed by atoms with E-state index in [0.29, 0.717) is 31.6 Å². The Kier molecular flexibility index (Phi) is 4.69. The number of nitrogens with one attached hydrogen (secondary N) is 1. The summed E-state index contributed by atoms with van der Waals surface area (Å²) < 4.78 is 32.2. The highest BCUT2D eigenvalue weighted by Crippen LogP contribution is 2.44. The van der Waals surface area contributed by atoms with E-state index in [-0.39, 0.29) is 11.0 Å². The number of rotatable bonds is 5. The van der Waals surface area contributed by atoms with E-state index in [1.807, 2.05) is 0 Å². The van der Waals surface area contributed by atoms with Crippen LogP contribution in [-0.2, 0) is 24.3 Å². The number of carboxylic acids is 1. The number of aliphatic carboxylic acids is 1. The van der Waals surface area contributed by atoms with E-state index >= 15 is 0 Å². The van der Waals surface area contributed by atoms with Crippen molar-refractivity contribution >= 4 is 27.6 Å². The minimum absolute atomic E-state index is 0.189. The minimum atomic E-state index is -3.50. The van der Waals surface area contributed by atoms with Gasteiger partial charge in [-0.2, -0.15) is 4.31 Å². The Labute approximate surface area is 157 Å². The fourth-order valence-electron chi connectivity index (χ4n) is 4.34. The summed E-state index contributed by atoms with van der Waals surface area (Å²) in [4.78, 5) is 24.3. The van der Waals surface area contributed by atoms with Crippen molar-refractivity contribution in [2.24, 2.45) is 11.8 Å². The van der Waals surface area contributed by atoms with Gasteiger partial charge in [-0.05, 0) is 49.9 Å². The molecule has 3 saturated heterocycles. The maximum Gasteiger partial charge on any atom is 0.310 e. The standard InChI is InChI=1S/C18H22N2O6S/c21-17(15-13-7-8-14(26-13)16(15)18(22)23)19-11-3-5-12(6-4-11)27(24,25)20-9-1-2-10-20/h3-6,13-16H,1-2,7-10H2,(H,19,21)(H,22,23)/t13-,14-,15-,16-/m0/s1. The number of benzene rings is 1. The van der Waals surface area contributed by atoms with Gasteiger partial charge in [-0.25, -0.2) is 8.42 Å². The quantitative estimate of drug-likeness (QED) is 0.778. The molecule has 9 heteroatoms. The monoisotopic (exact) mass is 394 g/mol. The van der Waals surface area contributed by atoms with E-state index in [0.717, 1.165) is 12.8 Å². The summed E-state index contributed by atoms with van der Waals surface area (Å²) in [7, 11) is -3.50. The summed E-state index contributed by atoms with van der Waals surface area (Å²) in [5.41, 5.74) is 0.437. The molecule has 3 fully saturated rings. The van der Waals surface area contributed by atoms with Crippen LogP contribution in [-0.4, -0.2) is 55.0 Å². The first-order valence-electron chi connectivity index (χ1n) is 9.17. The molecule has 0 aromatic heterocycles. The van der Waals surface area contributed by atoms with Gasteiger partial charge in [0.1, 0.15) is 0 Å². The molecule has 1 amide bonds. The lowest BCUT2D eigenvalue weighted by atomic mass is 9.78. The molecule has 3 heterocycles. The van der Waals surface area contributed by atoms with Gasteiger partial charge in [-0.3, -0.25) is 9.59 Å². The second kappa shape index (κ2) is 6.88. The van der Waals surface area contributed by atoms with Gasteiger partial charge in [0.25, 0.3) is 0 Å². The van der Waals surface area contributed by atoms with Crippen molar-refractivity contribution in [2.75, 3.05) is 18.4 Å². The first-order chi connectivity index (χ1) is 12.9. The van der Waals surface area contributed by atoms with Gasteiger partial charge in [0.2, 0.25) is 15.9 Å². The summed E-state index contributed by atoms with van der Waals surface area (Å²) >= 11 is 0. The van der Waals surface area contributed by atoms with Crippen molar-refractivity contribution in [1.29, 1.82) is 0 Å². The van der Waals surface area contributed by atoms with E-state index in [4.69, 9.17) is 4.74 Å². The van der Waals surface area contributed by atoms with Crippen LogP contribution < -0.4 is 5.32 Å². The fraction of sp³-hybridized carbons (Fsp3) is 0.556. The Morgan fingerprint density at radius 1 is 1.04 bits per heavy atom.